The van der Waals surface area contributed by atoms with Gasteiger partial charge in [0.25, 0.3) is 5.69 Å². The van der Waals surface area contributed by atoms with Crippen molar-refractivity contribution in [3.8, 4) is 5.75 Å². The summed E-state index contributed by atoms with van der Waals surface area (Å²) < 4.78 is 11.8. The highest BCUT2D eigenvalue weighted by molar-refractivity contribution is 5.90. The van der Waals surface area contributed by atoms with Crippen molar-refractivity contribution in [1.82, 2.24) is 9.78 Å². The fraction of sp³-hybridized carbons (Fsp3) is 0.125. The Kier molecular flexibility index (Phi) is 4.57. The van der Waals surface area contributed by atoms with Gasteiger partial charge < -0.3 is 9.47 Å². The second-order valence-electron chi connectivity index (χ2n) is 5.10. The van der Waals surface area contributed by atoms with Crippen LogP contribution in [0.2, 0.25) is 0 Å². The molecule has 9 nitrogen and oxygen atoms in total. The Bertz CT molecular complexity index is 920. The number of carbonyl (C=O) groups excluding carboxylic acids is 1. The van der Waals surface area contributed by atoms with Crippen molar-refractivity contribution in [2.45, 2.75) is 6.73 Å². The van der Waals surface area contributed by atoms with Crippen molar-refractivity contribution in [3.05, 3.63) is 58.8 Å². The molecule has 0 saturated heterocycles. The first-order chi connectivity index (χ1) is 12.1. The quantitative estimate of drug-likeness (QED) is 0.563. The fourth-order valence-corrected chi connectivity index (χ4v) is 2.26. The molecular weight excluding hydrogens is 328 g/mol. The monoisotopic (exact) mass is 342 g/mol. The van der Waals surface area contributed by atoms with E-state index in [-0.39, 0.29) is 11.4 Å². The molecule has 0 unspecified atom stereocenters. The summed E-state index contributed by atoms with van der Waals surface area (Å²) in [5.41, 5.74) is 1.25. The number of nitrogens with one attached hydrogen (secondary N) is 1. The smallest absolute Gasteiger partial charge is 0.410 e. The number of benzene rings is 2. The molecule has 0 saturated carbocycles. The first-order valence-corrected chi connectivity index (χ1v) is 7.24. The maximum absolute atomic E-state index is 12.0. The van der Waals surface area contributed by atoms with Gasteiger partial charge >= 0.3 is 6.09 Å². The molecule has 0 fully saturated rings. The molecule has 1 amide bonds. The lowest BCUT2D eigenvalue weighted by Gasteiger charge is -2.07. The third kappa shape index (κ3) is 3.72. The molecular formula is C16H14N4O5. The molecule has 0 aliphatic rings. The van der Waals surface area contributed by atoms with Crippen LogP contribution in [0.3, 0.4) is 0 Å². The van der Waals surface area contributed by atoms with Crippen LogP contribution in [-0.2, 0) is 11.5 Å². The number of fused-ring (bicyclic) bond motifs is 1. The molecule has 25 heavy (non-hydrogen) atoms. The summed E-state index contributed by atoms with van der Waals surface area (Å²) in [6, 6.07) is 10.5. The van der Waals surface area contributed by atoms with Gasteiger partial charge in [-0.1, -0.05) is 0 Å². The van der Waals surface area contributed by atoms with E-state index in [4.69, 9.17) is 9.47 Å². The zero-order valence-corrected chi connectivity index (χ0v) is 13.2. The van der Waals surface area contributed by atoms with Crippen molar-refractivity contribution < 1.29 is 19.2 Å². The number of methoxy groups -OCH3 is 1. The molecule has 0 spiro atoms. The van der Waals surface area contributed by atoms with Gasteiger partial charge in [-0.05, 0) is 30.3 Å². The number of carbonyl (C=O) groups is 1. The van der Waals surface area contributed by atoms with E-state index >= 15 is 0 Å². The maximum atomic E-state index is 12.0. The largest absolute Gasteiger partial charge is 0.417 e. The number of amides is 1. The molecule has 1 N–H and O–H groups in total. The molecule has 0 aliphatic carbocycles. The summed E-state index contributed by atoms with van der Waals surface area (Å²) in [5.74, 6) is 0.202. The average Bonchev–Trinajstić information content (AvgIpc) is 2.98. The van der Waals surface area contributed by atoms with Crippen LogP contribution >= 0.6 is 0 Å². The van der Waals surface area contributed by atoms with Crippen molar-refractivity contribution in [2.75, 3.05) is 12.4 Å². The Hall–Kier alpha value is -3.46. The highest BCUT2D eigenvalue weighted by Crippen LogP contribution is 2.21. The highest BCUT2D eigenvalue weighted by atomic mass is 16.6. The number of nitro groups is 1. The van der Waals surface area contributed by atoms with Crippen LogP contribution in [0.4, 0.5) is 16.2 Å². The molecule has 1 aromatic heterocycles. The second-order valence-corrected chi connectivity index (χ2v) is 5.10. The number of aromatic nitrogens is 2. The summed E-state index contributed by atoms with van der Waals surface area (Å²) in [5, 5.41) is 18.3. The summed E-state index contributed by atoms with van der Waals surface area (Å²) >= 11 is 0. The number of anilines is 1. The van der Waals surface area contributed by atoms with E-state index in [1.54, 1.807) is 30.1 Å². The predicted octanol–water partition coefficient (Wildman–Crippen LogP) is 3.16. The molecule has 0 radical (unpaired) electrons. The Labute approximate surface area is 141 Å². The molecule has 0 atom stereocenters. The van der Waals surface area contributed by atoms with Gasteiger partial charge in [0.05, 0.1) is 16.6 Å². The lowest BCUT2D eigenvalue weighted by Crippen LogP contribution is -2.16. The average molecular weight is 342 g/mol. The van der Waals surface area contributed by atoms with Gasteiger partial charge in [-0.25, -0.2) is 9.48 Å². The van der Waals surface area contributed by atoms with E-state index < -0.39 is 11.0 Å². The van der Waals surface area contributed by atoms with Gasteiger partial charge in [-0.2, -0.15) is 5.10 Å². The highest BCUT2D eigenvalue weighted by Gasteiger charge is 2.10. The third-order valence-corrected chi connectivity index (χ3v) is 3.40. The van der Waals surface area contributed by atoms with Crippen LogP contribution < -0.4 is 10.1 Å². The molecule has 3 aromatic rings. The summed E-state index contributed by atoms with van der Waals surface area (Å²) in [6.45, 7) is 0.292. The number of nitro benzene ring substituents is 1. The standard InChI is InChI=1S/C16H14N4O5/c1-24-10-19-15-8-12(3-2-11(15)9-17-19)18-16(21)25-14-6-4-13(5-7-14)20(22)23/h2-9H,10H2,1H3,(H,18,21). The van der Waals surface area contributed by atoms with E-state index in [0.717, 1.165) is 10.9 Å². The Balaban J connectivity index is 1.70. The van der Waals surface area contributed by atoms with Crippen molar-refractivity contribution >= 4 is 28.4 Å². The van der Waals surface area contributed by atoms with Gasteiger partial charge in [-0.3, -0.25) is 15.4 Å². The zero-order valence-electron chi connectivity index (χ0n) is 13.2. The van der Waals surface area contributed by atoms with E-state index in [1.807, 2.05) is 6.07 Å². The Morgan fingerprint density at radius 1 is 1.28 bits per heavy atom. The van der Waals surface area contributed by atoms with Crippen molar-refractivity contribution in [1.29, 1.82) is 0 Å². The number of non-ortho nitro benzene ring substituents is 1. The van der Waals surface area contributed by atoms with E-state index in [9.17, 15) is 14.9 Å². The van der Waals surface area contributed by atoms with E-state index in [2.05, 4.69) is 10.4 Å². The van der Waals surface area contributed by atoms with Crippen LogP contribution in [0.25, 0.3) is 10.9 Å². The van der Waals surface area contributed by atoms with Gasteiger partial charge in [-0.15, -0.1) is 0 Å². The minimum absolute atomic E-state index is 0.0791. The number of nitrogens with zero attached hydrogens (tertiary/aromatic N) is 3. The molecule has 3 rings (SSSR count). The Morgan fingerprint density at radius 3 is 2.72 bits per heavy atom. The normalized spacial score (nSPS) is 10.6. The molecule has 128 valence electrons. The molecule has 2 aromatic carbocycles. The lowest BCUT2D eigenvalue weighted by atomic mass is 10.2. The van der Waals surface area contributed by atoms with E-state index in [1.165, 1.54) is 24.3 Å². The van der Waals surface area contributed by atoms with Crippen LogP contribution in [0.5, 0.6) is 5.75 Å². The SMILES string of the molecule is COCn1ncc2ccc(NC(=O)Oc3ccc([N+](=O)[O-])cc3)cc21. The summed E-state index contributed by atoms with van der Waals surface area (Å²) in [6.07, 6.45) is 0.999. The van der Waals surface area contributed by atoms with Crippen molar-refractivity contribution in [2.24, 2.45) is 0 Å². The summed E-state index contributed by atoms with van der Waals surface area (Å²) in [4.78, 5) is 22.0. The molecule has 0 aliphatic heterocycles. The number of hydrogen-bond acceptors (Lipinski definition) is 6. The Morgan fingerprint density at radius 2 is 2.04 bits per heavy atom. The first-order valence-electron chi connectivity index (χ1n) is 7.24. The van der Waals surface area contributed by atoms with Gasteiger partial charge in [0.15, 0.2) is 0 Å². The van der Waals surface area contributed by atoms with E-state index in [0.29, 0.717) is 12.4 Å². The number of hydrogen-bond donors (Lipinski definition) is 1. The van der Waals surface area contributed by atoms with Crippen LogP contribution in [0.1, 0.15) is 0 Å². The van der Waals surface area contributed by atoms with Crippen LogP contribution in [-0.4, -0.2) is 27.9 Å². The minimum atomic E-state index is -0.703. The van der Waals surface area contributed by atoms with Crippen LogP contribution in [0, 0.1) is 10.1 Å². The van der Waals surface area contributed by atoms with Crippen LogP contribution in [0.15, 0.2) is 48.7 Å². The first kappa shape index (κ1) is 16.4. The van der Waals surface area contributed by atoms with Gasteiger partial charge in [0.1, 0.15) is 12.5 Å². The fourth-order valence-electron chi connectivity index (χ4n) is 2.26. The van der Waals surface area contributed by atoms with Gasteiger partial charge in [0, 0.05) is 30.3 Å². The summed E-state index contributed by atoms with van der Waals surface area (Å²) in [7, 11) is 1.57. The van der Waals surface area contributed by atoms with Crippen molar-refractivity contribution in [3.63, 3.8) is 0 Å². The second kappa shape index (κ2) is 6.97. The molecule has 1 heterocycles. The molecule has 9 heteroatoms. The molecule has 0 bridgehead atoms. The third-order valence-electron chi connectivity index (χ3n) is 3.40. The minimum Gasteiger partial charge on any atom is -0.410 e. The lowest BCUT2D eigenvalue weighted by molar-refractivity contribution is -0.384. The van der Waals surface area contributed by atoms with Gasteiger partial charge in [0.2, 0.25) is 0 Å². The maximum Gasteiger partial charge on any atom is 0.417 e. The zero-order chi connectivity index (χ0) is 17.8. The number of rotatable bonds is 5. The topological polar surface area (TPSA) is 109 Å². The predicted molar refractivity (Wildman–Crippen MR) is 89.5 cm³/mol. The number of ether oxygens (including phenoxy) is 2.